The molecule has 1 aliphatic rings. The molecular formula is C12H19N3O5. The topological polar surface area (TPSA) is 130 Å². The zero-order valence-corrected chi connectivity index (χ0v) is 11.3. The highest BCUT2D eigenvalue weighted by atomic mass is 16.4. The number of primary amides is 1. The maximum atomic E-state index is 12.0. The first kappa shape index (κ1) is 15.9. The smallest absolute Gasteiger partial charge is 0.326 e. The summed E-state index contributed by atoms with van der Waals surface area (Å²) in [6.45, 7) is 1.86. The molecule has 0 unspecified atom stereocenters. The van der Waals surface area contributed by atoms with Crippen LogP contribution in [0.4, 0.5) is 0 Å². The molecule has 1 saturated heterocycles. The highest BCUT2D eigenvalue weighted by molar-refractivity contribution is 5.90. The number of nitrogens with two attached hydrogens (primary N) is 1. The van der Waals surface area contributed by atoms with Gasteiger partial charge in [-0.3, -0.25) is 14.4 Å². The summed E-state index contributed by atoms with van der Waals surface area (Å²) < 4.78 is 0. The number of likely N-dealkylation sites (tertiary alicyclic amines) is 1. The van der Waals surface area contributed by atoms with E-state index in [0.717, 1.165) is 0 Å². The summed E-state index contributed by atoms with van der Waals surface area (Å²) in [6.07, 6.45) is 1.02. The van der Waals surface area contributed by atoms with Crippen molar-refractivity contribution in [2.24, 2.45) is 5.73 Å². The van der Waals surface area contributed by atoms with Crippen molar-refractivity contribution in [2.45, 2.75) is 44.7 Å². The van der Waals surface area contributed by atoms with E-state index < -0.39 is 29.9 Å². The number of aliphatic carboxylic acids is 1. The van der Waals surface area contributed by atoms with Gasteiger partial charge in [0.1, 0.15) is 12.1 Å². The van der Waals surface area contributed by atoms with Gasteiger partial charge >= 0.3 is 5.97 Å². The minimum atomic E-state index is -1.23. The Labute approximate surface area is 116 Å². The molecule has 8 nitrogen and oxygen atoms in total. The van der Waals surface area contributed by atoms with Gasteiger partial charge in [0.25, 0.3) is 0 Å². The van der Waals surface area contributed by atoms with Gasteiger partial charge in [-0.15, -0.1) is 0 Å². The van der Waals surface area contributed by atoms with Gasteiger partial charge in [-0.25, -0.2) is 4.79 Å². The average molecular weight is 285 g/mol. The molecule has 0 radical (unpaired) electrons. The van der Waals surface area contributed by atoms with Crippen LogP contribution in [0, 0.1) is 0 Å². The molecule has 4 N–H and O–H groups in total. The van der Waals surface area contributed by atoms with E-state index in [2.05, 4.69) is 5.32 Å². The number of hydrogen-bond acceptors (Lipinski definition) is 4. The van der Waals surface area contributed by atoms with E-state index >= 15 is 0 Å². The molecule has 1 fully saturated rings. The number of rotatable bonds is 6. The first-order valence-electron chi connectivity index (χ1n) is 6.41. The number of amides is 3. The van der Waals surface area contributed by atoms with Crippen molar-refractivity contribution in [3.8, 4) is 0 Å². The van der Waals surface area contributed by atoms with Gasteiger partial charge in [-0.1, -0.05) is 0 Å². The van der Waals surface area contributed by atoms with Crippen LogP contribution < -0.4 is 11.1 Å². The lowest BCUT2D eigenvalue weighted by Gasteiger charge is -2.24. The van der Waals surface area contributed by atoms with E-state index in [1.165, 1.54) is 11.8 Å². The van der Waals surface area contributed by atoms with E-state index in [0.29, 0.717) is 19.4 Å². The molecule has 0 bridgehead atoms. The Bertz CT molecular complexity index is 423. The normalized spacial score (nSPS) is 19.4. The summed E-state index contributed by atoms with van der Waals surface area (Å²) in [4.78, 5) is 46.5. The van der Waals surface area contributed by atoms with E-state index in [4.69, 9.17) is 10.8 Å². The lowest BCUT2D eigenvalue weighted by molar-refractivity contribution is -0.143. The van der Waals surface area contributed by atoms with Crippen LogP contribution in [-0.2, 0) is 19.2 Å². The molecule has 3 amide bonds. The Morgan fingerprint density at radius 2 is 2.05 bits per heavy atom. The van der Waals surface area contributed by atoms with Gasteiger partial charge in [-0.05, 0) is 19.3 Å². The summed E-state index contributed by atoms with van der Waals surface area (Å²) in [7, 11) is 0. The third kappa shape index (κ3) is 4.22. The van der Waals surface area contributed by atoms with E-state index in [-0.39, 0.29) is 18.7 Å². The van der Waals surface area contributed by atoms with Crippen LogP contribution in [0.5, 0.6) is 0 Å². The molecule has 0 aliphatic carbocycles. The van der Waals surface area contributed by atoms with Crippen LogP contribution in [0.3, 0.4) is 0 Å². The van der Waals surface area contributed by atoms with Gasteiger partial charge in [0, 0.05) is 19.9 Å². The minimum absolute atomic E-state index is 0.0663. The standard InChI is InChI=1S/C12H19N3O5/c1-7(16)15-6-2-3-9(15)11(18)14-8(12(19)20)4-5-10(13)17/h8-9H,2-6H2,1H3,(H2,13,17)(H,14,18)(H,19,20)/t8-,9-/m0/s1. The maximum absolute atomic E-state index is 12.0. The molecule has 0 spiro atoms. The lowest BCUT2D eigenvalue weighted by atomic mass is 10.1. The number of carbonyl (C=O) groups is 4. The summed E-state index contributed by atoms with van der Waals surface area (Å²) in [5.41, 5.74) is 4.96. The molecule has 112 valence electrons. The van der Waals surface area contributed by atoms with Crippen molar-refractivity contribution in [1.29, 1.82) is 0 Å². The van der Waals surface area contributed by atoms with E-state index in [9.17, 15) is 19.2 Å². The molecule has 20 heavy (non-hydrogen) atoms. The second-order valence-electron chi connectivity index (χ2n) is 4.77. The molecule has 1 aliphatic heterocycles. The number of nitrogens with one attached hydrogen (secondary N) is 1. The predicted molar refractivity (Wildman–Crippen MR) is 68.4 cm³/mol. The quantitative estimate of drug-likeness (QED) is 0.566. The molecule has 1 rings (SSSR count). The summed E-state index contributed by atoms with van der Waals surface area (Å²) in [5, 5.41) is 11.4. The number of carbonyl (C=O) groups excluding carboxylic acids is 3. The van der Waals surface area contributed by atoms with Crippen molar-refractivity contribution >= 4 is 23.7 Å². The maximum Gasteiger partial charge on any atom is 0.326 e. The monoisotopic (exact) mass is 285 g/mol. The molecule has 1 heterocycles. The highest BCUT2D eigenvalue weighted by Crippen LogP contribution is 2.17. The molecule has 2 atom stereocenters. The summed E-state index contributed by atoms with van der Waals surface area (Å²) in [6, 6.07) is -1.81. The fraction of sp³-hybridized carbons (Fsp3) is 0.667. The zero-order valence-electron chi connectivity index (χ0n) is 11.3. The van der Waals surface area contributed by atoms with E-state index in [1.807, 2.05) is 0 Å². The zero-order chi connectivity index (χ0) is 15.3. The van der Waals surface area contributed by atoms with Gasteiger partial charge in [0.15, 0.2) is 0 Å². The fourth-order valence-electron chi connectivity index (χ4n) is 2.23. The Balaban J connectivity index is 2.63. The van der Waals surface area contributed by atoms with Crippen molar-refractivity contribution in [3.63, 3.8) is 0 Å². The number of carboxylic acids is 1. The molecular weight excluding hydrogens is 266 g/mol. The van der Waals surface area contributed by atoms with Crippen molar-refractivity contribution in [1.82, 2.24) is 10.2 Å². The van der Waals surface area contributed by atoms with Gasteiger partial charge in [-0.2, -0.15) is 0 Å². The Hall–Kier alpha value is -2.12. The molecule has 8 heteroatoms. The Kier molecular flexibility index (Phi) is 5.48. The lowest BCUT2D eigenvalue weighted by Crippen LogP contribution is -2.50. The Morgan fingerprint density at radius 3 is 2.55 bits per heavy atom. The minimum Gasteiger partial charge on any atom is -0.480 e. The second kappa shape index (κ2) is 6.88. The largest absolute Gasteiger partial charge is 0.480 e. The number of carboxylic acid groups (broad SMARTS) is 1. The third-order valence-electron chi connectivity index (χ3n) is 3.25. The van der Waals surface area contributed by atoms with Crippen LogP contribution >= 0.6 is 0 Å². The first-order valence-corrected chi connectivity index (χ1v) is 6.41. The van der Waals surface area contributed by atoms with Crippen LogP contribution in [0.1, 0.15) is 32.6 Å². The summed E-state index contributed by atoms with van der Waals surface area (Å²) >= 11 is 0. The van der Waals surface area contributed by atoms with Crippen molar-refractivity contribution < 1.29 is 24.3 Å². The Morgan fingerprint density at radius 1 is 1.40 bits per heavy atom. The molecule has 0 aromatic heterocycles. The molecule has 0 saturated carbocycles. The number of hydrogen-bond donors (Lipinski definition) is 3. The van der Waals surface area contributed by atoms with Gasteiger partial charge in [0.2, 0.25) is 17.7 Å². The van der Waals surface area contributed by atoms with Crippen LogP contribution in [0.25, 0.3) is 0 Å². The van der Waals surface area contributed by atoms with Crippen molar-refractivity contribution in [2.75, 3.05) is 6.54 Å². The third-order valence-corrected chi connectivity index (χ3v) is 3.25. The predicted octanol–water partition coefficient (Wildman–Crippen LogP) is -1.17. The van der Waals surface area contributed by atoms with Gasteiger partial charge in [0.05, 0.1) is 0 Å². The van der Waals surface area contributed by atoms with Crippen LogP contribution in [-0.4, -0.2) is 52.3 Å². The van der Waals surface area contributed by atoms with Crippen LogP contribution in [0.2, 0.25) is 0 Å². The van der Waals surface area contributed by atoms with Crippen LogP contribution in [0.15, 0.2) is 0 Å². The van der Waals surface area contributed by atoms with Gasteiger partial charge < -0.3 is 21.1 Å². The number of nitrogens with zero attached hydrogens (tertiary/aromatic N) is 1. The summed E-state index contributed by atoms with van der Waals surface area (Å²) in [5.74, 6) is -2.58. The van der Waals surface area contributed by atoms with E-state index in [1.54, 1.807) is 0 Å². The fourth-order valence-corrected chi connectivity index (χ4v) is 2.23. The molecule has 0 aromatic rings. The SMILES string of the molecule is CC(=O)N1CCC[C@H]1C(=O)N[C@@H](CCC(N)=O)C(=O)O. The average Bonchev–Trinajstić information content (AvgIpc) is 2.82. The molecule has 0 aromatic carbocycles. The highest BCUT2D eigenvalue weighted by Gasteiger charge is 2.34. The second-order valence-corrected chi connectivity index (χ2v) is 4.77. The first-order chi connectivity index (χ1) is 9.32. The van der Waals surface area contributed by atoms with Crippen molar-refractivity contribution in [3.05, 3.63) is 0 Å².